The molecule has 0 radical (unpaired) electrons. The molecule has 1 amide bonds. The van der Waals surface area contributed by atoms with Gasteiger partial charge in [0.2, 0.25) is 6.10 Å². The van der Waals surface area contributed by atoms with Gasteiger partial charge in [-0.1, -0.05) is 5.16 Å². The Morgan fingerprint density at radius 1 is 1.11 bits per heavy atom. The van der Waals surface area contributed by atoms with E-state index >= 15 is 0 Å². The zero-order chi connectivity index (χ0) is 20.0. The van der Waals surface area contributed by atoms with Crippen LogP contribution in [0.25, 0.3) is 0 Å². The number of nitrogens with zero attached hydrogens (tertiary/aromatic N) is 1. The van der Waals surface area contributed by atoms with Gasteiger partial charge in [-0.15, -0.1) is 0 Å². The first-order valence-electron chi connectivity index (χ1n) is 7.82. The summed E-state index contributed by atoms with van der Waals surface area (Å²) in [5.41, 5.74) is 5.77. The molecule has 0 saturated carbocycles. The minimum absolute atomic E-state index is 0.0619. The number of anilines is 1. The third-order valence-corrected chi connectivity index (χ3v) is 3.54. The monoisotopic (exact) mass is 381 g/mol. The summed E-state index contributed by atoms with van der Waals surface area (Å²) < 4.78 is 42.6. The van der Waals surface area contributed by atoms with Crippen LogP contribution in [0.4, 0.5) is 18.9 Å². The summed E-state index contributed by atoms with van der Waals surface area (Å²) in [7, 11) is 1.53. The predicted octanol–water partition coefficient (Wildman–Crippen LogP) is 3.38. The summed E-state index contributed by atoms with van der Waals surface area (Å²) in [5.74, 6) is 0.129. The lowest BCUT2D eigenvalue weighted by Crippen LogP contribution is -2.27. The van der Waals surface area contributed by atoms with Crippen molar-refractivity contribution < 1.29 is 27.5 Å². The molecule has 0 fully saturated rings. The molecule has 0 aliphatic carbocycles. The zero-order valence-electron chi connectivity index (χ0n) is 14.6. The molecule has 6 nitrogen and oxygen atoms in total. The van der Waals surface area contributed by atoms with Crippen LogP contribution in [-0.4, -0.2) is 25.0 Å². The standard InChI is InChI=1S/C18H18F3N3O3/c1-11(27-24-16(22)12-3-9-15(26-2)10-4-12)17(25)23-14-7-5-13(6-8-14)18(19,20)21/h3-11H,1-2H3,(H2,22,24)(H,23,25). The Bertz CT molecular complexity index is 803. The van der Waals surface area contributed by atoms with Crippen molar-refractivity contribution in [1.82, 2.24) is 0 Å². The van der Waals surface area contributed by atoms with Crippen LogP contribution < -0.4 is 15.8 Å². The summed E-state index contributed by atoms with van der Waals surface area (Å²) in [6.07, 6.45) is -5.45. The van der Waals surface area contributed by atoms with Crippen LogP contribution in [0.1, 0.15) is 18.1 Å². The van der Waals surface area contributed by atoms with Gasteiger partial charge in [-0.2, -0.15) is 13.2 Å². The Labute approximate surface area is 153 Å². The van der Waals surface area contributed by atoms with Crippen LogP contribution in [-0.2, 0) is 15.8 Å². The van der Waals surface area contributed by atoms with E-state index in [0.717, 1.165) is 24.3 Å². The lowest BCUT2D eigenvalue weighted by Gasteiger charge is -2.12. The van der Waals surface area contributed by atoms with E-state index < -0.39 is 23.8 Å². The van der Waals surface area contributed by atoms with E-state index in [1.54, 1.807) is 24.3 Å². The zero-order valence-corrected chi connectivity index (χ0v) is 14.6. The van der Waals surface area contributed by atoms with E-state index in [1.807, 2.05) is 0 Å². The Hall–Kier alpha value is -3.23. The van der Waals surface area contributed by atoms with Gasteiger partial charge in [-0.05, 0) is 55.5 Å². The Morgan fingerprint density at radius 2 is 1.70 bits per heavy atom. The number of rotatable bonds is 6. The lowest BCUT2D eigenvalue weighted by atomic mass is 10.2. The van der Waals surface area contributed by atoms with Crippen LogP contribution in [0.2, 0.25) is 0 Å². The molecule has 9 heteroatoms. The highest BCUT2D eigenvalue weighted by Gasteiger charge is 2.30. The van der Waals surface area contributed by atoms with Gasteiger partial charge in [0.25, 0.3) is 5.91 Å². The van der Waals surface area contributed by atoms with Gasteiger partial charge in [0.1, 0.15) is 5.75 Å². The Morgan fingerprint density at radius 3 is 2.22 bits per heavy atom. The van der Waals surface area contributed by atoms with Gasteiger partial charge in [0.05, 0.1) is 12.7 Å². The minimum Gasteiger partial charge on any atom is -0.497 e. The van der Waals surface area contributed by atoms with Gasteiger partial charge in [0, 0.05) is 11.3 Å². The predicted molar refractivity (Wildman–Crippen MR) is 94.3 cm³/mol. The maximum atomic E-state index is 12.5. The average Bonchev–Trinajstić information content (AvgIpc) is 2.65. The number of ether oxygens (including phenoxy) is 1. The molecule has 0 aromatic heterocycles. The highest BCUT2D eigenvalue weighted by molar-refractivity contribution is 5.97. The van der Waals surface area contributed by atoms with E-state index in [2.05, 4.69) is 10.5 Å². The number of hydrogen-bond donors (Lipinski definition) is 2. The van der Waals surface area contributed by atoms with Crippen LogP contribution >= 0.6 is 0 Å². The molecule has 144 valence electrons. The molecule has 0 saturated heterocycles. The molecule has 27 heavy (non-hydrogen) atoms. The number of hydrogen-bond acceptors (Lipinski definition) is 4. The number of nitrogens with one attached hydrogen (secondary N) is 1. The number of alkyl halides is 3. The van der Waals surface area contributed by atoms with Crippen molar-refractivity contribution in [3.63, 3.8) is 0 Å². The number of methoxy groups -OCH3 is 1. The average molecular weight is 381 g/mol. The number of halogens is 3. The first-order chi connectivity index (χ1) is 12.7. The number of nitrogens with two attached hydrogens (primary N) is 1. The highest BCUT2D eigenvalue weighted by Crippen LogP contribution is 2.29. The Balaban J connectivity index is 1.94. The van der Waals surface area contributed by atoms with Gasteiger partial charge in [-0.3, -0.25) is 4.79 Å². The topological polar surface area (TPSA) is 85.9 Å². The fourth-order valence-corrected chi connectivity index (χ4v) is 1.98. The number of carbonyl (C=O) groups is 1. The van der Waals surface area contributed by atoms with Crippen LogP contribution in [0, 0.1) is 0 Å². The summed E-state index contributed by atoms with van der Waals surface area (Å²) in [4.78, 5) is 17.1. The second-order valence-electron chi connectivity index (χ2n) is 5.52. The maximum absolute atomic E-state index is 12.5. The van der Waals surface area contributed by atoms with Crippen LogP contribution in [0.15, 0.2) is 53.7 Å². The van der Waals surface area contributed by atoms with Crippen molar-refractivity contribution in [2.24, 2.45) is 10.9 Å². The molecular weight excluding hydrogens is 363 g/mol. The molecule has 1 unspecified atom stereocenters. The molecule has 0 bridgehead atoms. The number of benzene rings is 2. The summed E-state index contributed by atoms with van der Waals surface area (Å²) in [6.45, 7) is 1.43. The van der Waals surface area contributed by atoms with Crippen LogP contribution in [0.5, 0.6) is 5.75 Å². The van der Waals surface area contributed by atoms with Crippen molar-refractivity contribution >= 4 is 17.4 Å². The molecule has 0 aliphatic heterocycles. The van der Waals surface area contributed by atoms with Crippen LogP contribution in [0.3, 0.4) is 0 Å². The van der Waals surface area contributed by atoms with Gasteiger partial charge >= 0.3 is 6.18 Å². The van der Waals surface area contributed by atoms with Crippen molar-refractivity contribution in [1.29, 1.82) is 0 Å². The van der Waals surface area contributed by atoms with Gasteiger partial charge in [0.15, 0.2) is 5.84 Å². The molecule has 0 heterocycles. The first kappa shape index (κ1) is 20.1. The maximum Gasteiger partial charge on any atom is 0.416 e. The third kappa shape index (κ3) is 5.63. The third-order valence-electron chi connectivity index (χ3n) is 3.54. The number of amides is 1. The van der Waals surface area contributed by atoms with Crippen molar-refractivity contribution in [3.8, 4) is 5.75 Å². The van der Waals surface area contributed by atoms with Crippen molar-refractivity contribution in [3.05, 3.63) is 59.7 Å². The largest absolute Gasteiger partial charge is 0.497 e. The smallest absolute Gasteiger partial charge is 0.416 e. The second-order valence-corrected chi connectivity index (χ2v) is 5.52. The lowest BCUT2D eigenvalue weighted by molar-refractivity contribution is -0.137. The quantitative estimate of drug-likeness (QED) is 0.456. The van der Waals surface area contributed by atoms with Gasteiger partial charge in [-0.25, -0.2) is 0 Å². The summed E-state index contributed by atoms with van der Waals surface area (Å²) >= 11 is 0. The SMILES string of the molecule is COc1ccc(C(N)=NOC(C)C(=O)Nc2ccc(C(F)(F)F)cc2)cc1. The summed E-state index contributed by atoms with van der Waals surface area (Å²) in [5, 5.41) is 6.14. The number of carbonyl (C=O) groups excluding carboxylic acids is 1. The number of oxime groups is 1. The normalized spacial score (nSPS) is 13.0. The van der Waals surface area contributed by atoms with E-state index in [0.29, 0.717) is 11.3 Å². The molecule has 1 atom stereocenters. The molecule has 2 aromatic rings. The molecule has 3 N–H and O–H groups in total. The van der Waals surface area contributed by atoms with E-state index in [1.165, 1.54) is 14.0 Å². The number of amidine groups is 1. The van der Waals surface area contributed by atoms with Crippen molar-refractivity contribution in [2.75, 3.05) is 12.4 Å². The molecule has 2 aromatic carbocycles. The highest BCUT2D eigenvalue weighted by atomic mass is 19.4. The molecule has 0 spiro atoms. The van der Waals surface area contributed by atoms with E-state index in [9.17, 15) is 18.0 Å². The fourth-order valence-electron chi connectivity index (χ4n) is 1.98. The second kappa shape index (κ2) is 8.43. The Kier molecular flexibility index (Phi) is 6.27. The molecular formula is C18H18F3N3O3. The first-order valence-corrected chi connectivity index (χ1v) is 7.82. The minimum atomic E-state index is -4.44. The van der Waals surface area contributed by atoms with E-state index in [-0.39, 0.29) is 11.5 Å². The summed E-state index contributed by atoms with van der Waals surface area (Å²) in [6, 6.07) is 10.8. The van der Waals surface area contributed by atoms with E-state index in [4.69, 9.17) is 15.3 Å². The van der Waals surface area contributed by atoms with Crippen molar-refractivity contribution in [2.45, 2.75) is 19.2 Å². The van der Waals surface area contributed by atoms with Gasteiger partial charge < -0.3 is 20.6 Å². The fraction of sp³-hybridized carbons (Fsp3) is 0.222. The molecule has 2 rings (SSSR count). The molecule has 0 aliphatic rings.